The number of amides is 2. The van der Waals surface area contributed by atoms with Gasteiger partial charge in [0.1, 0.15) is 6.54 Å². The number of nitrogens with zero attached hydrogens (tertiary/aromatic N) is 2. The van der Waals surface area contributed by atoms with Crippen LogP contribution in [0.25, 0.3) is 0 Å². The van der Waals surface area contributed by atoms with Crippen LogP contribution in [0.3, 0.4) is 0 Å². The van der Waals surface area contributed by atoms with Crippen LogP contribution >= 0.6 is 0 Å². The van der Waals surface area contributed by atoms with Gasteiger partial charge in [0.05, 0.1) is 5.92 Å². The van der Waals surface area contributed by atoms with Crippen molar-refractivity contribution in [2.24, 2.45) is 5.92 Å². The standard InChI is InChI=1S/C10H17F3N2O3/c1-4-15(6-10(11,12)13)9(18)14(3)5-7(2)8(16)17/h7H,4-6H2,1-3H3,(H,16,17). The van der Waals surface area contributed by atoms with Gasteiger partial charge >= 0.3 is 18.2 Å². The molecule has 0 saturated carbocycles. The molecule has 0 bridgehead atoms. The monoisotopic (exact) mass is 270 g/mol. The van der Waals surface area contributed by atoms with E-state index < -0.39 is 30.6 Å². The highest BCUT2D eigenvalue weighted by Crippen LogP contribution is 2.17. The van der Waals surface area contributed by atoms with E-state index >= 15 is 0 Å². The average Bonchev–Trinajstić information content (AvgIpc) is 2.23. The average molecular weight is 270 g/mol. The van der Waals surface area contributed by atoms with Gasteiger partial charge in [0, 0.05) is 20.1 Å². The summed E-state index contributed by atoms with van der Waals surface area (Å²) in [4.78, 5) is 23.9. The summed E-state index contributed by atoms with van der Waals surface area (Å²) in [6, 6.07) is -0.831. The van der Waals surface area contributed by atoms with E-state index in [1.807, 2.05) is 0 Å². The van der Waals surface area contributed by atoms with Crippen LogP contribution in [0.4, 0.5) is 18.0 Å². The Hall–Kier alpha value is -1.47. The molecule has 0 saturated heterocycles. The largest absolute Gasteiger partial charge is 0.481 e. The van der Waals surface area contributed by atoms with Crippen molar-refractivity contribution < 1.29 is 27.9 Å². The number of carboxylic acids is 1. The van der Waals surface area contributed by atoms with Crippen molar-refractivity contribution in [3.63, 3.8) is 0 Å². The maximum atomic E-state index is 12.2. The third-order valence-corrected chi connectivity index (χ3v) is 2.32. The number of carbonyl (C=O) groups excluding carboxylic acids is 1. The molecule has 8 heteroatoms. The quantitative estimate of drug-likeness (QED) is 0.826. The number of carbonyl (C=O) groups is 2. The van der Waals surface area contributed by atoms with E-state index in [4.69, 9.17) is 5.11 Å². The van der Waals surface area contributed by atoms with Gasteiger partial charge < -0.3 is 14.9 Å². The molecule has 1 unspecified atom stereocenters. The number of halogens is 3. The van der Waals surface area contributed by atoms with E-state index in [-0.39, 0.29) is 13.1 Å². The Morgan fingerprint density at radius 3 is 2.17 bits per heavy atom. The minimum atomic E-state index is -4.47. The third-order valence-electron chi connectivity index (χ3n) is 2.32. The highest BCUT2D eigenvalue weighted by Gasteiger charge is 2.33. The van der Waals surface area contributed by atoms with Crippen molar-refractivity contribution in [3.8, 4) is 0 Å². The first-order valence-electron chi connectivity index (χ1n) is 5.38. The highest BCUT2D eigenvalue weighted by atomic mass is 19.4. The molecular formula is C10H17F3N2O3. The van der Waals surface area contributed by atoms with E-state index in [0.717, 1.165) is 4.90 Å². The van der Waals surface area contributed by atoms with Crippen LogP contribution in [0.15, 0.2) is 0 Å². The summed E-state index contributed by atoms with van der Waals surface area (Å²) < 4.78 is 36.6. The Morgan fingerprint density at radius 2 is 1.83 bits per heavy atom. The smallest absolute Gasteiger partial charge is 0.406 e. The van der Waals surface area contributed by atoms with Crippen molar-refractivity contribution in [2.75, 3.05) is 26.7 Å². The maximum absolute atomic E-state index is 12.2. The predicted octanol–water partition coefficient (Wildman–Crippen LogP) is 1.64. The molecule has 1 N–H and O–H groups in total. The summed E-state index contributed by atoms with van der Waals surface area (Å²) in [6.45, 7) is 1.24. The number of urea groups is 1. The second-order valence-electron chi connectivity index (χ2n) is 4.03. The maximum Gasteiger partial charge on any atom is 0.406 e. The van der Waals surface area contributed by atoms with Gasteiger partial charge in [0.15, 0.2) is 0 Å². The Bertz CT molecular complexity index is 307. The first-order chi connectivity index (χ1) is 8.08. The molecule has 5 nitrogen and oxygen atoms in total. The van der Waals surface area contributed by atoms with Gasteiger partial charge in [-0.2, -0.15) is 13.2 Å². The summed E-state index contributed by atoms with van der Waals surface area (Å²) in [6.07, 6.45) is -4.47. The highest BCUT2D eigenvalue weighted by molar-refractivity contribution is 5.75. The molecule has 0 aromatic rings. The number of hydrogen-bond acceptors (Lipinski definition) is 2. The lowest BCUT2D eigenvalue weighted by Gasteiger charge is -2.28. The van der Waals surface area contributed by atoms with Crippen molar-refractivity contribution in [1.29, 1.82) is 0 Å². The summed E-state index contributed by atoms with van der Waals surface area (Å²) in [5, 5.41) is 8.66. The molecular weight excluding hydrogens is 253 g/mol. The Labute approximate surface area is 103 Å². The fourth-order valence-corrected chi connectivity index (χ4v) is 1.34. The van der Waals surface area contributed by atoms with Crippen LogP contribution in [0, 0.1) is 5.92 Å². The number of rotatable bonds is 5. The van der Waals surface area contributed by atoms with Gasteiger partial charge in [0.2, 0.25) is 0 Å². The second kappa shape index (κ2) is 6.46. The van der Waals surface area contributed by atoms with Crippen LogP contribution in [0.5, 0.6) is 0 Å². The van der Waals surface area contributed by atoms with Crippen LogP contribution < -0.4 is 0 Å². The van der Waals surface area contributed by atoms with Gasteiger partial charge in [-0.25, -0.2) is 4.79 Å². The van der Waals surface area contributed by atoms with E-state index in [1.54, 1.807) is 0 Å². The number of carboxylic acid groups (broad SMARTS) is 1. The summed E-state index contributed by atoms with van der Waals surface area (Å²) in [7, 11) is 1.28. The van der Waals surface area contributed by atoms with Crippen molar-refractivity contribution in [1.82, 2.24) is 9.80 Å². The van der Waals surface area contributed by atoms with E-state index in [9.17, 15) is 22.8 Å². The molecule has 0 aliphatic rings. The topological polar surface area (TPSA) is 60.9 Å². The van der Waals surface area contributed by atoms with E-state index in [1.165, 1.54) is 20.9 Å². The number of alkyl halides is 3. The SMILES string of the molecule is CCN(CC(F)(F)F)C(=O)N(C)CC(C)C(=O)O. The summed E-state index contributed by atoms with van der Waals surface area (Å²) in [5.41, 5.74) is 0. The fraction of sp³-hybridized carbons (Fsp3) is 0.800. The molecule has 0 aromatic carbocycles. The van der Waals surface area contributed by atoms with Crippen molar-refractivity contribution in [2.45, 2.75) is 20.0 Å². The van der Waals surface area contributed by atoms with Crippen LogP contribution in [-0.4, -0.2) is 59.8 Å². The lowest BCUT2D eigenvalue weighted by atomic mass is 10.2. The Morgan fingerprint density at radius 1 is 1.33 bits per heavy atom. The zero-order valence-corrected chi connectivity index (χ0v) is 10.5. The van der Waals surface area contributed by atoms with Gasteiger partial charge in [-0.15, -0.1) is 0 Å². The van der Waals surface area contributed by atoms with E-state index in [2.05, 4.69) is 0 Å². The third kappa shape index (κ3) is 5.74. The molecule has 106 valence electrons. The summed E-state index contributed by atoms with van der Waals surface area (Å²) >= 11 is 0. The number of aliphatic carboxylic acids is 1. The normalized spacial score (nSPS) is 13.0. The Balaban J connectivity index is 4.54. The molecule has 18 heavy (non-hydrogen) atoms. The van der Waals surface area contributed by atoms with Crippen LogP contribution in [-0.2, 0) is 4.79 Å². The van der Waals surface area contributed by atoms with Gasteiger partial charge in [-0.05, 0) is 6.92 Å². The van der Waals surface area contributed by atoms with Gasteiger partial charge in [-0.1, -0.05) is 6.92 Å². The zero-order chi connectivity index (χ0) is 14.5. The minimum absolute atomic E-state index is 0.0931. The predicted molar refractivity (Wildman–Crippen MR) is 58.1 cm³/mol. The van der Waals surface area contributed by atoms with Crippen LogP contribution in [0.2, 0.25) is 0 Å². The van der Waals surface area contributed by atoms with Crippen LogP contribution in [0.1, 0.15) is 13.8 Å². The molecule has 2 amide bonds. The lowest BCUT2D eigenvalue weighted by molar-refractivity contribution is -0.143. The molecule has 0 fully saturated rings. The fourth-order valence-electron chi connectivity index (χ4n) is 1.34. The molecule has 0 heterocycles. The second-order valence-corrected chi connectivity index (χ2v) is 4.03. The molecule has 1 atom stereocenters. The molecule has 0 aliphatic carbocycles. The summed E-state index contributed by atoms with van der Waals surface area (Å²) in [5.74, 6) is -1.93. The molecule has 0 radical (unpaired) electrons. The van der Waals surface area contributed by atoms with Crippen molar-refractivity contribution in [3.05, 3.63) is 0 Å². The first-order valence-corrected chi connectivity index (χ1v) is 5.38. The number of hydrogen-bond donors (Lipinski definition) is 1. The molecule has 0 aromatic heterocycles. The first kappa shape index (κ1) is 16.5. The molecule has 0 rings (SSSR count). The van der Waals surface area contributed by atoms with Gasteiger partial charge in [0.25, 0.3) is 0 Å². The van der Waals surface area contributed by atoms with Gasteiger partial charge in [-0.3, -0.25) is 4.79 Å². The lowest BCUT2D eigenvalue weighted by Crippen LogP contribution is -2.47. The van der Waals surface area contributed by atoms with Crippen molar-refractivity contribution >= 4 is 12.0 Å². The van der Waals surface area contributed by atoms with E-state index in [0.29, 0.717) is 4.90 Å². The Kier molecular flexibility index (Phi) is 5.93. The molecule has 0 spiro atoms. The molecule has 0 aliphatic heterocycles. The zero-order valence-electron chi connectivity index (χ0n) is 10.5. The minimum Gasteiger partial charge on any atom is -0.481 e.